The van der Waals surface area contributed by atoms with Crippen LogP contribution in [0.2, 0.25) is 10.0 Å². The molecule has 1 N–H and O–H groups in total. The molecule has 2 aromatic carbocycles. The molecule has 2 aromatic rings. The molecule has 5 nitrogen and oxygen atoms in total. The van der Waals surface area contributed by atoms with Crippen LogP contribution in [0.5, 0.6) is 11.5 Å². The number of methoxy groups -OCH3 is 2. The molecule has 0 radical (unpaired) electrons. The SMILES string of the molecule is COc1ccc(CNC(=O)N(C)[C@H](C)c2ccc(Cl)cc2Cl)cc1OC. The summed E-state index contributed by atoms with van der Waals surface area (Å²) in [6.07, 6.45) is 0. The molecule has 0 aliphatic rings. The smallest absolute Gasteiger partial charge is 0.317 e. The third-order valence-electron chi connectivity index (χ3n) is 4.21. The highest BCUT2D eigenvalue weighted by Crippen LogP contribution is 2.29. The van der Waals surface area contributed by atoms with E-state index in [-0.39, 0.29) is 12.1 Å². The average Bonchev–Trinajstić information content (AvgIpc) is 2.64. The van der Waals surface area contributed by atoms with Gasteiger partial charge in [0.25, 0.3) is 0 Å². The molecule has 0 saturated heterocycles. The van der Waals surface area contributed by atoms with E-state index in [9.17, 15) is 4.79 Å². The molecule has 140 valence electrons. The fourth-order valence-electron chi connectivity index (χ4n) is 2.52. The highest BCUT2D eigenvalue weighted by Gasteiger charge is 2.19. The molecule has 0 heterocycles. The summed E-state index contributed by atoms with van der Waals surface area (Å²) in [5, 5.41) is 3.98. The van der Waals surface area contributed by atoms with E-state index in [0.29, 0.717) is 28.1 Å². The number of rotatable bonds is 6. The Balaban J connectivity index is 2.02. The molecular formula is C19H22Cl2N2O3. The lowest BCUT2D eigenvalue weighted by atomic mass is 10.1. The molecule has 0 bridgehead atoms. The van der Waals surface area contributed by atoms with E-state index in [1.807, 2.05) is 25.1 Å². The molecule has 0 aromatic heterocycles. The van der Waals surface area contributed by atoms with Crippen LogP contribution in [-0.2, 0) is 6.54 Å². The zero-order valence-corrected chi connectivity index (χ0v) is 16.7. The number of nitrogens with zero attached hydrogens (tertiary/aromatic N) is 1. The highest BCUT2D eigenvalue weighted by atomic mass is 35.5. The Labute approximate surface area is 163 Å². The second-order valence-corrected chi connectivity index (χ2v) is 6.64. The molecule has 0 unspecified atom stereocenters. The van der Waals surface area contributed by atoms with Crippen LogP contribution in [0.25, 0.3) is 0 Å². The maximum Gasteiger partial charge on any atom is 0.317 e. The molecular weight excluding hydrogens is 375 g/mol. The number of ether oxygens (including phenoxy) is 2. The molecule has 0 aliphatic carbocycles. The molecule has 1 atom stereocenters. The predicted octanol–water partition coefficient (Wildman–Crippen LogP) is 4.91. The number of carbonyl (C=O) groups excluding carboxylic acids is 1. The first-order chi connectivity index (χ1) is 12.4. The summed E-state index contributed by atoms with van der Waals surface area (Å²) < 4.78 is 10.5. The molecule has 0 aliphatic heterocycles. The maximum atomic E-state index is 12.5. The highest BCUT2D eigenvalue weighted by molar-refractivity contribution is 6.35. The van der Waals surface area contributed by atoms with Gasteiger partial charge in [0.15, 0.2) is 11.5 Å². The Morgan fingerprint density at radius 1 is 1.12 bits per heavy atom. The van der Waals surface area contributed by atoms with Crippen molar-refractivity contribution in [3.05, 3.63) is 57.6 Å². The molecule has 26 heavy (non-hydrogen) atoms. The summed E-state index contributed by atoms with van der Waals surface area (Å²) in [6, 6.07) is 10.4. The van der Waals surface area contributed by atoms with E-state index in [1.165, 1.54) is 0 Å². The van der Waals surface area contributed by atoms with E-state index in [1.54, 1.807) is 44.4 Å². The largest absolute Gasteiger partial charge is 0.493 e. The van der Waals surface area contributed by atoms with E-state index in [2.05, 4.69) is 5.32 Å². The van der Waals surface area contributed by atoms with Crippen molar-refractivity contribution in [1.82, 2.24) is 10.2 Å². The molecule has 0 spiro atoms. The predicted molar refractivity (Wildman–Crippen MR) is 104 cm³/mol. The Bertz CT molecular complexity index is 783. The first kappa shape index (κ1) is 20.2. The molecule has 2 amide bonds. The lowest BCUT2D eigenvalue weighted by Gasteiger charge is -2.26. The van der Waals surface area contributed by atoms with Crippen LogP contribution in [-0.4, -0.2) is 32.2 Å². The number of amides is 2. The minimum absolute atomic E-state index is 0.204. The Hall–Kier alpha value is -2.11. The van der Waals surface area contributed by atoms with Gasteiger partial charge in [0.2, 0.25) is 0 Å². The lowest BCUT2D eigenvalue weighted by Crippen LogP contribution is -2.38. The summed E-state index contributed by atoms with van der Waals surface area (Å²) in [6.45, 7) is 2.27. The van der Waals surface area contributed by atoms with Gasteiger partial charge in [-0.2, -0.15) is 0 Å². The average molecular weight is 397 g/mol. The van der Waals surface area contributed by atoms with Gasteiger partial charge in [0.05, 0.1) is 20.3 Å². The zero-order valence-electron chi connectivity index (χ0n) is 15.2. The number of nitrogens with one attached hydrogen (secondary N) is 1. The van der Waals surface area contributed by atoms with E-state index < -0.39 is 0 Å². The summed E-state index contributed by atoms with van der Waals surface area (Å²) in [4.78, 5) is 14.1. The molecule has 2 rings (SSSR count). The van der Waals surface area contributed by atoms with Crippen LogP contribution in [0.4, 0.5) is 4.79 Å². The van der Waals surface area contributed by atoms with E-state index in [4.69, 9.17) is 32.7 Å². The van der Waals surface area contributed by atoms with E-state index in [0.717, 1.165) is 11.1 Å². The number of benzene rings is 2. The van der Waals surface area contributed by atoms with Crippen molar-refractivity contribution >= 4 is 29.2 Å². The second kappa shape index (κ2) is 9.01. The fourth-order valence-corrected chi connectivity index (χ4v) is 3.08. The van der Waals surface area contributed by atoms with Gasteiger partial charge in [-0.15, -0.1) is 0 Å². The molecule has 7 heteroatoms. The van der Waals surface area contributed by atoms with E-state index >= 15 is 0 Å². The normalized spacial score (nSPS) is 11.6. The number of hydrogen-bond donors (Lipinski definition) is 1. The first-order valence-electron chi connectivity index (χ1n) is 8.04. The summed E-state index contributed by atoms with van der Waals surface area (Å²) in [5.41, 5.74) is 1.74. The van der Waals surface area contributed by atoms with Crippen LogP contribution >= 0.6 is 23.2 Å². The van der Waals surface area contributed by atoms with Crippen LogP contribution in [0.1, 0.15) is 24.1 Å². The number of urea groups is 1. The van der Waals surface area contributed by atoms with Crippen molar-refractivity contribution in [2.75, 3.05) is 21.3 Å². The Morgan fingerprint density at radius 3 is 2.42 bits per heavy atom. The van der Waals surface area contributed by atoms with Crippen molar-refractivity contribution in [3.8, 4) is 11.5 Å². The van der Waals surface area contributed by atoms with Crippen molar-refractivity contribution in [2.45, 2.75) is 19.5 Å². The van der Waals surface area contributed by atoms with Crippen LogP contribution in [0, 0.1) is 0 Å². The van der Waals surface area contributed by atoms with Crippen molar-refractivity contribution in [2.24, 2.45) is 0 Å². The quantitative estimate of drug-likeness (QED) is 0.753. The van der Waals surface area contributed by atoms with Gasteiger partial charge in [-0.1, -0.05) is 35.3 Å². The summed E-state index contributed by atoms with van der Waals surface area (Å²) in [5.74, 6) is 1.26. The van der Waals surface area contributed by atoms with Gasteiger partial charge in [0.1, 0.15) is 0 Å². The first-order valence-corrected chi connectivity index (χ1v) is 8.79. The topological polar surface area (TPSA) is 50.8 Å². The number of halogens is 2. The second-order valence-electron chi connectivity index (χ2n) is 5.80. The van der Waals surface area contributed by atoms with Gasteiger partial charge in [-0.05, 0) is 42.3 Å². The van der Waals surface area contributed by atoms with Gasteiger partial charge in [0, 0.05) is 23.6 Å². The minimum atomic E-state index is -0.210. The lowest BCUT2D eigenvalue weighted by molar-refractivity contribution is 0.194. The fraction of sp³-hybridized carbons (Fsp3) is 0.316. The van der Waals surface area contributed by atoms with Crippen LogP contribution in [0.15, 0.2) is 36.4 Å². The van der Waals surface area contributed by atoms with Gasteiger partial charge in [-0.3, -0.25) is 0 Å². The standard InChI is InChI=1S/C19H22Cl2N2O3/c1-12(15-7-6-14(20)10-16(15)21)23(2)19(24)22-11-13-5-8-17(25-3)18(9-13)26-4/h5-10,12H,11H2,1-4H3,(H,22,24)/t12-/m1/s1. The monoisotopic (exact) mass is 396 g/mol. The van der Waals surface area contributed by atoms with Crippen molar-refractivity contribution in [3.63, 3.8) is 0 Å². The van der Waals surface area contributed by atoms with Crippen LogP contribution < -0.4 is 14.8 Å². The Kier molecular flexibility index (Phi) is 7.00. The van der Waals surface area contributed by atoms with Gasteiger partial charge in [-0.25, -0.2) is 4.79 Å². The van der Waals surface area contributed by atoms with Crippen molar-refractivity contribution < 1.29 is 14.3 Å². The number of carbonyl (C=O) groups is 1. The minimum Gasteiger partial charge on any atom is -0.493 e. The molecule has 0 fully saturated rings. The maximum absolute atomic E-state index is 12.5. The third-order valence-corrected chi connectivity index (χ3v) is 4.77. The van der Waals surface area contributed by atoms with Gasteiger partial charge >= 0.3 is 6.03 Å². The van der Waals surface area contributed by atoms with Crippen LogP contribution in [0.3, 0.4) is 0 Å². The number of hydrogen-bond acceptors (Lipinski definition) is 3. The molecule has 0 saturated carbocycles. The summed E-state index contributed by atoms with van der Waals surface area (Å²) >= 11 is 12.2. The third kappa shape index (κ3) is 4.74. The summed E-state index contributed by atoms with van der Waals surface area (Å²) in [7, 11) is 4.88. The van der Waals surface area contributed by atoms with Gasteiger partial charge < -0.3 is 19.7 Å². The Morgan fingerprint density at radius 2 is 1.81 bits per heavy atom. The zero-order chi connectivity index (χ0) is 19.3. The van der Waals surface area contributed by atoms with Crippen molar-refractivity contribution in [1.29, 1.82) is 0 Å².